The monoisotopic (exact) mass is 551 g/mol. The molecule has 0 heterocycles. The smallest absolute Gasteiger partial charge is 0.326 e. The number of nitrogens with two attached hydrogens (primary N) is 3. The average molecular weight is 552 g/mol. The summed E-state index contributed by atoms with van der Waals surface area (Å²) in [6.45, 7) is 3.34. The number of phenols is 1. The summed E-state index contributed by atoms with van der Waals surface area (Å²) < 4.78 is 0. The number of aliphatic imine (C=N–C) groups is 1. The van der Waals surface area contributed by atoms with Crippen molar-refractivity contribution in [3.05, 3.63) is 29.8 Å². The molecule has 0 aliphatic heterocycles. The van der Waals surface area contributed by atoms with Crippen molar-refractivity contribution in [3.8, 4) is 5.75 Å². The number of carboxylic acids is 2. The third-order valence-electron chi connectivity index (χ3n) is 5.55. The van der Waals surface area contributed by atoms with Gasteiger partial charge in [-0.3, -0.25) is 24.2 Å². The van der Waals surface area contributed by atoms with E-state index >= 15 is 0 Å². The first-order valence-electron chi connectivity index (χ1n) is 12.2. The topological polar surface area (TPSA) is 273 Å². The zero-order valence-electron chi connectivity index (χ0n) is 21.8. The summed E-state index contributed by atoms with van der Waals surface area (Å²) >= 11 is 0. The minimum atomic E-state index is -1.45. The molecule has 0 saturated carbocycles. The fraction of sp³-hybridized carbons (Fsp3) is 0.500. The SMILES string of the molecule is CC(C)C(NC(=O)C(CCCN=C(N)N)NC(=O)C(Cc1ccc(O)cc1)NC(=O)C(N)CC(=O)O)C(=O)O. The third-order valence-corrected chi connectivity index (χ3v) is 5.55. The Hall–Kier alpha value is -4.40. The van der Waals surface area contributed by atoms with E-state index in [1.54, 1.807) is 13.8 Å². The Bertz CT molecular complexity index is 1040. The molecule has 15 heteroatoms. The number of phenolic OH excluding ortho intramolecular Hbond substituents is 1. The van der Waals surface area contributed by atoms with Crippen LogP contribution in [0.15, 0.2) is 29.3 Å². The van der Waals surface area contributed by atoms with Crippen LogP contribution in [0.4, 0.5) is 0 Å². The molecule has 1 aromatic carbocycles. The van der Waals surface area contributed by atoms with E-state index in [2.05, 4.69) is 20.9 Å². The summed E-state index contributed by atoms with van der Waals surface area (Å²) in [5, 5.41) is 35.3. The Labute approximate surface area is 225 Å². The van der Waals surface area contributed by atoms with Crippen molar-refractivity contribution in [2.75, 3.05) is 6.54 Å². The highest BCUT2D eigenvalue weighted by Crippen LogP contribution is 2.12. The fourth-order valence-corrected chi connectivity index (χ4v) is 3.45. The van der Waals surface area contributed by atoms with Crippen molar-refractivity contribution >= 4 is 35.6 Å². The molecule has 0 aliphatic rings. The lowest BCUT2D eigenvalue weighted by molar-refractivity contribution is -0.143. The molecular formula is C24H37N7O8. The van der Waals surface area contributed by atoms with Gasteiger partial charge in [0.1, 0.15) is 23.9 Å². The molecule has 0 bridgehead atoms. The van der Waals surface area contributed by atoms with Crippen molar-refractivity contribution in [2.24, 2.45) is 28.1 Å². The van der Waals surface area contributed by atoms with Crippen LogP contribution < -0.4 is 33.2 Å². The van der Waals surface area contributed by atoms with Gasteiger partial charge in [-0.25, -0.2) is 4.79 Å². The van der Waals surface area contributed by atoms with Crippen LogP contribution in [0.5, 0.6) is 5.75 Å². The van der Waals surface area contributed by atoms with Gasteiger partial charge in [-0.2, -0.15) is 0 Å². The molecule has 0 radical (unpaired) electrons. The highest BCUT2D eigenvalue weighted by atomic mass is 16.4. The number of carbonyl (C=O) groups is 5. The molecule has 3 amide bonds. The molecule has 4 atom stereocenters. The molecule has 1 aromatic rings. The molecule has 0 saturated heterocycles. The van der Waals surface area contributed by atoms with Gasteiger partial charge in [0.2, 0.25) is 17.7 Å². The van der Waals surface area contributed by atoms with Crippen LogP contribution >= 0.6 is 0 Å². The lowest BCUT2D eigenvalue weighted by Crippen LogP contribution is -2.58. The van der Waals surface area contributed by atoms with Crippen molar-refractivity contribution in [1.82, 2.24) is 16.0 Å². The van der Waals surface area contributed by atoms with Crippen LogP contribution in [-0.4, -0.2) is 81.7 Å². The highest BCUT2D eigenvalue weighted by Gasteiger charge is 2.31. The van der Waals surface area contributed by atoms with Gasteiger partial charge in [-0.1, -0.05) is 26.0 Å². The van der Waals surface area contributed by atoms with E-state index in [1.807, 2.05) is 0 Å². The zero-order valence-corrected chi connectivity index (χ0v) is 21.8. The van der Waals surface area contributed by atoms with Crippen LogP contribution in [0.2, 0.25) is 0 Å². The number of carboxylic acid groups (broad SMARTS) is 2. The van der Waals surface area contributed by atoms with Crippen molar-refractivity contribution in [3.63, 3.8) is 0 Å². The Balaban J connectivity index is 3.19. The van der Waals surface area contributed by atoms with Gasteiger partial charge >= 0.3 is 11.9 Å². The van der Waals surface area contributed by atoms with Crippen LogP contribution in [-0.2, 0) is 30.4 Å². The number of guanidine groups is 1. The number of nitrogens with zero attached hydrogens (tertiary/aromatic N) is 1. The second-order valence-electron chi connectivity index (χ2n) is 9.21. The van der Waals surface area contributed by atoms with Gasteiger partial charge in [0.05, 0.1) is 12.5 Å². The minimum Gasteiger partial charge on any atom is -0.508 e. The van der Waals surface area contributed by atoms with E-state index in [4.69, 9.17) is 22.3 Å². The fourth-order valence-electron chi connectivity index (χ4n) is 3.45. The molecule has 1 rings (SSSR count). The number of nitrogens with one attached hydrogen (secondary N) is 3. The second kappa shape index (κ2) is 15.8. The lowest BCUT2D eigenvalue weighted by atomic mass is 10.0. The number of aliphatic carboxylic acids is 2. The largest absolute Gasteiger partial charge is 0.508 e. The molecule has 216 valence electrons. The number of aromatic hydroxyl groups is 1. The molecule has 0 aromatic heterocycles. The molecule has 0 fully saturated rings. The van der Waals surface area contributed by atoms with E-state index in [-0.39, 0.29) is 37.5 Å². The predicted molar refractivity (Wildman–Crippen MR) is 140 cm³/mol. The number of carbonyl (C=O) groups excluding carboxylic acids is 3. The second-order valence-corrected chi connectivity index (χ2v) is 9.21. The van der Waals surface area contributed by atoms with E-state index in [0.29, 0.717) is 5.56 Å². The maximum Gasteiger partial charge on any atom is 0.326 e. The normalized spacial score (nSPS) is 13.8. The van der Waals surface area contributed by atoms with Gasteiger partial charge in [-0.15, -0.1) is 0 Å². The minimum absolute atomic E-state index is 0.0250. The predicted octanol–water partition coefficient (Wildman–Crippen LogP) is -2.01. The van der Waals surface area contributed by atoms with E-state index < -0.39 is 66.2 Å². The third kappa shape index (κ3) is 12.1. The van der Waals surface area contributed by atoms with Crippen LogP contribution in [0.3, 0.4) is 0 Å². The van der Waals surface area contributed by atoms with Gasteiger partial charge in [0, 0.05) is 13.0 Å². The van der Waals surface area contributed by atoms with Crippen LogP contribution in [0.1, 0.15) is 38.7 Å². The zero-order chi connectivity index (χ0) is 29.7. The Morgan fingerprint density at radius 1 is 0.897 bits per heavy atom. The summed E-state index contributed by atoms with van der Waals surface area (Å²) in [7, 11) is 0. The van der Waals surface area contributed by atoms with Crippen molar-refractivity contribution in [1.29, 1.82) is 0 Å². The van der Waals surface area contributed by atoms with Gasteiger partial charge in [0.15, 0.2) is 5.96 Å². The Kier molecular flexibility index (Phi) is 13.2. The van der Waals surface area contributed by atoms with Crippen LogP contribution in [0, 0.1) is 5.92 Å². The van der Waals surface area contributed by atoms with Crippen molar-refractivity contribution in [2.45, 2.75) is 63.7 Å². The molecular weight excluding hydrogens is 514 g/mol. The lowest BCUT2D eigenvalue weighted by Gasteiger charge is -2.26. The first-order chi connectivity index (χ1) is 18.2. The first kappa shape index (κ1) is 32.6. The standard InChI is InChI=1S/C24H37N7O8/c1-12(2)19(23(38)39)31-21(36)16(4-3-9-28-24(26)27)29-22(37)17(10-13-5-7-14(32)8-6-13)30-20(35)15(25)11-18(33)34/h5-8,12,15-17,19,32H,3-4,9-11,25H2,1-2H3,(H,29,37)(H,30,35)(H,31,36)(H,33,34)(H,38,39)(H4,26,27,28). The quantitative estimate of drug-likeness (QED) is 0.0614. The van der Waals surface area contributed by atoms with E-state index in [1.165, 1.54) is 24.3 Å². The molecule has 4 unspecified atom stereocenters. The maximum atomic E-state index is 13.3. The van der Waals surface area contributed by atoms with Crippen molar-refractivity contribution < 1.29 is 39.3 Å². The number of hydrogen-bond acceptors (Lipinski definition) is 8. The van der Waals surface area contributed by atoms with E-state index in [9.17, 15) is 34.2 Å². The van der Waals surface area contributed by atoms with E-state index in [0.717, 1.165) is 0 Å². The maximum absolute atomic E-state index is 13.3. The van der Waals surface area contributed by atoms with Gasteiger partial charge < -0.3 is 48.5 Å². The summed E-state index contributed by atoms with van der Waals surface area (Å²) in [5.74, 6) is -5.70. The number of amides is 3. The molecule has 12 N–H and O–H groups in total. The number of benzene rings is 1. The van der Waals surface area contributed by atoms with Gasteiger partial charge in [-0.05, 0) is 36.5 Å². The summed E-state index contributed by atoms with van der Waals surface area (Å²) in [6, 6.07) is 0.585. The van der Waals surface area contributed by atoms with Gasteiger partial charge in [0.25, 0.3) is 0 Å². The first-order valence-corrected chi connectivity index (χ1v) is 12.2. The summed E-state index contributed by atoms with van der Waals surface area (Å²) in [6.07, 6.45) is -0.504. The summed E-state index contributed by atoms with van der Waals surface area (Å²) in [5.41, 5.74) is 16.8. The molecule has 39 heavy (non-hydrogen) atoms. The number of hydrogen-bond donors (Lipinski definition) is 9. The summed E-state index contributed by atoms with van der Waals surface area (Å²) in [4.78, 5) is 65.2. The highest BCUT2D eigenvalue weighted by molar-refractivity contribution is 5.95. The molecule has 0 aliphatic carbocycles. The Morgan fingerprint density at radius 2 is 1.46 bits per heavy atom. The van der Waals surface area contributed by atoms with Crippen LogP contribution in [0.25, 0.3) is 0 Å². The molecule has 0 spiro atoms. The number of rotatable bonds is 16. The average Bonchev–Trinajstić information content (AvgIpc) is 2.83. The Morgan fingerprint density at radius 3 is 1.97 bits per heavy atom. The molecule has 15 nitrogen and oxygen atoms in total.